The van der Waals surface area contributed by atoms with Crippen LogP contribution in [0.4, 0.5) is 0 Å². The van der Waals surface area contributed by atoms with Crippen LogP contribution in [-0.2, 0) is 0 Å². The lowest BCUT2D eigenvalue weighted by Gasteiger charge is -2.16. The lowest BCUT2D eigenvalue weighted by molar-refractivity contribution is 0.356. The summed E-state index contributed by atoms with van der Waals surface area (Å²) >= 11 is 0. The highest BCUT2D eigenvalue weighted by Gasteiger charge is 2.24. The Hall–Kier alpha value is -3.43. The molecule has 6 nitrogen and oxygen atoms in total. The number of fused-ring (bicyclic) bond motifs is 1. The number of rotatable bonds is 3. The monoisotopic (exact) mass is 293 g/mol. The minimum absolute atomic E-state index is 0.000558. The topological polar surface area (TPSA) is 99.1 Å². The van der Waals surface area contributed by atoms with E-state index in [0.717, 1.165) is 0 Å². The number of benzene rings is 2. The maximum Gasteiger partial charge on any atom is 0.172 e. The summed E-state index contributed by atoms with van der Waals surface area (Å²) in [6.45, 7) is 0. The Labute approximate surface area is 127 Å². The Kier molecular flexibility index (Phi) is 4.02. The molecule has 0 N–H and O–H groups in total. The number of hydrogen-bond donors (Lipinski definition) is 0. The molecule has 0 aromatic heterocycles. The number of hydrogen-bond acceptors (Lipinski definition) is 6. The Morgan fingerprint density at radius 3 is 1.77 bits per heavy atom. The molecule has 0 bridgehead atoms. The maximum atomic E-state index is 9.40. The van der Waals surface area contributed by atoms with Crippen LogP contribution in [0.25, 0.3) is 10.8 Å². The van der Waals surface area contributed by atoms with Gasteiger partial charge in [0.15, 0.2) is 11.5 Å². The molecule has 0 saturated carbocycles. The number of ether oxygens (including phenoxy) is 3. The molecule has 0 saturated heterocycles. The average molecular weight is 293 g/mol. The highest BCUT2D eigenvalue weighted by Crippen LogP contribution is 2.44. The molecule has 0 amide bonds. The van der Waals surface area contributed by atoms with Crippen LogP contribution in [-0.4, -0.2) is 21.3 Å². The van der Waals surface area contributed by atoms with E-state index in [-0.39, 0.29) is 22.4 Å². The summed E-state index contributed by atoms with van der Waals surface area (Å²) in [6.07, 6.45) is 0. The molecule has 0 heterocycles. The highest BCUT2D eigenvalue weighted by atomic mass is 16.5. The summed E-state index contributed by atoms with van der Waals surface area (Å²) in [4.78, 5) is 0. The molecular formula is C16H11N3O3. The van der Waals surface area contributed by atoms with E-state index in [2.05, 4.69) is 0 Å². The van der Waals surface area contributed by atoms with E-state index in [1.165, 1.54) is 21.3 Å². The van der Waals surface area contributed by atoms with Gasteiger partial charge in [0.05, 0.1) is 37.8 Å². The molecular weight excluding hydrogens is 282 g/mol. The number of nitriles is 3. The number of methoxy groups -OCH3 is 3. The van der Waals surface area contributed by atoms with Crippen molar-refractivity contribution in [3.63, 3.8) is 0 Å². The SMILES string of the molecule is COc1ccc2c(C#N)c(C#N)c(C#N)c(OC)c2c1OC. The van der Waals surface area contributed by atoms with Crippen LogP contribution in [0.5, 0.6) is 17.2 Å². The van der Waals surface area contributed by atoms with Crippen LogP contribution in [0.15, 0.2) is 12.1 Å². The summed E-state index contributed by atoms with van der Waals surface area (Å²) < 4.78 is 15.9. The molecule has 0 atom stereocenters. The van der Waals surface area contributed by atoms with Gasteiger partial charge in [-0.15, -0.1) is 0 Å². The highest BCUT2D eigenvalue weighted by molar-refractivity contribution is 6.02. The predicted molar refractivity (Wildman–Crippen MR) is 77.7 cm³/mol. The van der Waals surface area contributed by atoms with Crippen molar-refractivity contribution in [1.29, 1.82) is 15.8 Å². The Morgan fingerprint density at radius 2 is 1.32 bits per heavy atom. The lowest BCUT2D eigenvalue weighted by atomic mass is 9.93. The first-order valence-electron chi connectivity index (χ1n) is 6.17. The molecule has 22 heavy (non-hydrogen) atoms. The lowest BCUT2D eigenvalue weighted by Crippen LogP contribution is -2.01. The molecule has 6 heteroatoms. The minimum Gasteiger partial charge on any atom is -0.495 e. The van der Waals surface area contributed by atoms with Gasteiger partial charge in [-0.25, -0.2) is 0 Å². The molecule has 108 valence electrons. The zero-order chi connectivity index (χ0) is 16.3. The molecule has 2 aromatic carbocycles. The standard InChI is InChI=1S/C16H11N3O3/c1-20-13-5-4-9-10(6-17)11(7-18)12(8-19)15(21-2)14(9)16(13)22-3/h4-5H,1-3H3. The van der Waals surface area contributed by atoms with Gasteiger partial charge in [0, 0.05) is 5.39 Å². The van der Waals surface area contributed by atoms with Crippen LogP contribution in [0.2, 0.25) is 0 Å². The zero-order valence-electron chi connectivity index (χ0n) is 12.2. The van der Waals surface area contributed by atoms with E-state index in [1.54, 1.807) is 12.1 Å². The van der Waals surface area contributed by atoms with Crippen molar-refractivity contribution in [3.8, 4) is 35.5 Å². The summed E-state index contributed by atoms with van der Waals surface area (Å²) in [6, 6.07) is 9.08. The third-order valence-electron chi connectivity index (χ3n) is 3.31. The van der Waals surface area contributed by atoms with E-state index in [0.29, 0.717) is 22.3 Å². The fourth-order valence-corrected chi connectivity index (χ4v) is 2.40. The quantitative estimate of drug-likeness (QED) is 0.862. The minimum atomic E-state index is -0.0124. The van der Waals surface area contributed by atoms with Gasteiger partial charge >= 0.3 is 0 Å². The van der Waals surface area contributed by atoms with Crippen LogP contribution in [0.3, 0.4) is 0 Å². The molecule has 0 aliphatic rings. The van der Waals surface area contributed by atoms with Crippen molar-refractivity contribution in [2.45, 2.75) is 0 Å². The van der Waals surface area contributed by atoms with Crippen LogP contribution in [0.1, 0.15) is 16.7 Å². The van der Waals surface area contributed by atoms with E-state index in [9.17, 15) is 15.8 Å². The largest absolute Gasteiger partial charge is 0.495 e. The predicted octanol–water partition coefficient (Wildman–Crippen LogP) is 2.48. The van der Waals surface area contributed by atoms with Gasteiger partial charge in [0.2, 0.25) is 0 Å². The van der Waals surface area contributed by atoms with Crippen molar-refractivity contribution in [2.75, 3.05) is 21.3 Å². The molecule has 0 spiro atoms. The van der Waals surface area contributed by atoms with Crippen LogP contribution in [0, 0.1) is 34.0 Å². The molecule has 0 fully saturated rings. The van der Waals surface area contributed by atoms with Crippen molar-refractivity contribution in [3.05, 3.63) is 28.8 Å². The Balaban J connectivity index is 3.20. The third-order valence-corrected chi connectivity index (χ3v) is 3.31. The Bertz CT molecular complexity index is 883. The Morgan fingerprint density at radius 1 is 0.727 bits per heavy atom. The fraction of sp³-hybridized carbons (Fsp3) is 0.188. The van der Waals surface area contributed by atoms with Gasteiger partial charge in [-0.3, -0.25) is 0 Å². The van der Waals surface area contributed by atoms with Gasteiger partial charge in [0.1, 0.15) is 29.5 Å². The normalized spacial score (nSPS) is 9.45. The van der Waals surface area contributed by atoms with Gasteiger partial charge in [-0.1, -0.05) is 0 Å². The van der Waals surface area contributed by atoms with Crippen molar-refractivity contribution in [1.82, 2.24) is 0 Å². The van der Waals surface area contributed by atoms with Gasteiger partial charge in [-0.2, -0.15) is 15.8 Å². The molecule has 0 unspecified atom stereocenters. The molecule has 0 aliphatic heterocycles. The van der Waals surface area contributed by atoms with Gasteiger partial charge < -0.3 is 14.2 Å². The maximum absolute atomic E-state index is 9.40. The second-order valence-electron chi connectivity index (χ2n) is 4.22. The number of nitrogens with zero attached hydrogens (tertiary/aromatic N) is 3. The molecule has 0 radical (unpaired) electrons. The summed E-state index contributed by atoms with van der Waals surface area (Å²) in [7, 11) is 4.32. The third kappa shape index (κ3) is 1.93. The van der Waals surface area contributed by atoms with Crippen LogP contribution >= 0.6 is 0 Å². The first-order valence-corrected chi connectivity index (χ1v) is 6.17. The van der Waals surface area contributed by atoms with Crippen LogP contribution < -0.4 is 14.2 Å². The van der Waals surface area contributed by atoms with E-state index < -0.39 is 0 Å². The average Bonchev–Trinajstić information content (AvgIpc) is 2.57. The first-order chi connectivity index (χ1) is 10.7. The van der Waals surface area contributed by atoms with E-state index >= 15 is 0 Å². The van der Waals surface area contributed by atoms with Crippen molar-refractivity contribution >= 4 is 10.8 Å². The second kappa shape index (κ2) is 5.91. The summed E-state index contributed by atoms with van der Waals surface area (Å²) in [5.74, 6) is 0.962. The molecule has 0 aliphatic carbocycles. The summed E-state index contributed by atoms with van der Waals surface area (Å²) in [5, 5.41) is 29.0. The van der Waals surface area contributed by atoms with E-state index in [1.807, 2.05) is 18.2 Å². The molecule has 2 aromatic rings. The van der Waals surface area contributed by atoms with Crippen molar-refractivity contribution < 1.29 is 14.2 Å². The molecule has 2 rings (SSSR count). The van der Waals surface area contributed by atoms with Gasteiger partial charge in [-0.05, 0) is 12.1 Å². The van der Waals surface area contributed by atoms with Crippen molar-refractivity contribution in [2.24, 2.45) is 0 Å². The van der Waals surface area contributed by atoms with E-state index in [4.69, 9.17) is 14.2 Å². The van der Waals surface area contributed by atoms with Gasteiger partial charge in [0.25, 0.3) is 0 Å². The first kappa shape index (κ1) is 15.0. The zero-order valence-corrected chi connectivity index (χ0v) is 12.2. The summed E-state index contributed by atoms with van der Waals surface area (Å²) in [5.41, 5.74) is 0.0953. The smallest absolute Gasteiger partial charge is 0.172 e. The fourth-order valence-electron chi connectivity index (χ4n) is 2.40. The second-order valence-corrected chi connectivity index (χ2v) is 4.22.